The van der Waals surface area contributed by atoms with Gasteiger partial charge in [-0.2, -0.15) is 0 Å². The molecule has 0 aliphatic carbocycles. The molecule has 0 spiro atoms. The molecule has 162 valence electrons. The molecule has 0 N–H and O–H groups in total. The van der Waals surface area contributed by atoms with Gasteiger partial charge in [-0.05, 0) is 35.2 Å². The molecule has 0 bridgehead atoms. The molecular formula is C21H28O5Si5. The van der Waals surface area contributed by atoms with Crippen molar-refractivity contribution in [1.29, 1.82) is 0 Å². The molecule has 1 aliphatic rings. The fourth-order valence-electron chi connectivity index (χ4n) is 3.79. The Hall–Kier alpha value is -1.46. The van der Waals surface area contributed by atoms with Crippen LogP contribution in [0.1, 0.15) is 0 Å². The molecule has 1 fully saturated rings. The van der Waals surface area contributed by atoms with Gasteiger partial charge in [0, 0.05) is 0 Å². The van der Waals surface area contributed by atoms with E-state index in [1.54, 1.807) is 0 Å². The molecule has 0 aromatic heterocycles. The molecule has 3 aromatic rings. The van der Waals surface area contributed by atoms with E-state index in [1.807, 2.05) is 54.6 Å². The molecule has 1 saturated heterocycles. The van der Waals surface area contributed by atoms with Gasteiger partial charge in [0.1, 0.15) is 0 Å². The summed E-state index contributed by atoms with van der Waals surface area (Å²) in [6.07, 6.45) is 0. The van der Waals surface area contributed by atoms with E-state index in [1.165, 1.54) is 0 Å². The first-order valence-electron chi connectivity index (χ1n) is 10.4. The lowest BCUT2D eigenvalue weighted by Crippen LogP contribution is -2.73. The summed E-state index contributed by atoms with van der Waals surface area (Å²) in [7, 11) is -10.9. The van der Waals surface area contributed by atoms with Crippen molar-refractivity contribution in [2.24, 2.45) is 0 Å². The Balaban J connectivity index is 1.92. The maximum absolute atomic E-state index is 7.25. The normalized spacial score (nSPS) is 25.3. The third-order valence-corrected chi connectivity index (χ3v) is 21.7. The minimum Gasteiger partial charge on any atom is -0.425 e. The largest absolute Gasteiger partial charge is 0.425 e. The number of rotatable bonds is 3. The highest BCUT2D eigenvalue weighted by atomic mass is 28.5. The van der Waals surface area contributed by atoms with Crippen molar-refractivity contribution in [3.05, 3.63) is 91.0 Å². The summed E-state index contributed by atoms with van der Waals surface area (Å²) < 4.78 is 33.0. The Kier molecular flexibility index (Phi) is 7.02. The van der Waals surface area contributed by atoms with Gasteiger partial charge in [0.25, 0.3) is 20.0 Å². The van der Waals surface area contributed by atoms with Crippen LogP contribution in [0.25, 0.3) is 0 Å². The lowest BCUT2D eigenvalue weighted by Gasteiger charge is -2.43. The maximum Gasteiger partial charge on any atom is 0.389 e. The van der Waals surface area contributed by atoms with Gasteiger partial charge in [-0.25, -0.2) is 0 Å². The lowest BCUT2D eigenvalue weighted by molar-refractivity contribution is 0.284. The standard InChI is InChI=1S/C21H28O5Si5/c1-29(2)23-27-22-28-24-31(20-15-9-5-10-16-20,21-17-11-6-12-18-21)26-30(3,25-29)19-13-7-4-8-14-19/h4-18H,27-28H2,1-3H3. The van der Waals surface area contributed by atoms with Gasteiger partial charge in [-0.3, -0.25) is 0 Å². The third-order valence-electron chi connectivity index (χ3n) is 5.22. The van der Waals surface area contributed by atoms with Gasteiger partial charge in [0.2, 0.25) is 0 Å². The highest BCUT2D eigenvalue weighted by Gasteiger charge is 2.53. The Morgan fingerprint density at radius 2 is 1.00 bits per heavy atom. The summed E-state index contributed by atoms with van der Waals surface area (Å²) >= 11 is 0. The SMILES string of the molecule is C[Si]1(C)O[SiH2]O[SiH2]O[Si](c2ccccc2)(c2ccccc2)O[Si](C)(c2ccccc2)O1. The molecule has 1 atom stereocenters. The third kappa shape index (κ3) is 5.14. The molecular weight excluding hydrogens is 473 g/mol. The van der Waals surface area contributed by atoms with Gasteiger partial charge in [0.05, 0.1) is 0 Å². The second-order valence-corrected chi connectivity index (χ2v) is 21.7. The van der Waals surface area contributed by atoms with E-state index in [4.69, 9.17) is 20.6 Å². The van der Waals surface area contributed by atoms with Crippen LogP contribution in [0.5, 0.6) is 0 Å². The Morgan fingerprint density at radius 1 is 0.548 bits per heavy atom. The van der Waals surface area contributed by atoms with E-state index in [9.17, 15) is 0 Å². The molecule has 10 heteroatoms. The molecule has 1 aliphatic heterocycles. The average Bonchev–Trinajstić information content (AvgIpc) is 2.79. The highest BCUT2D eigenvalue weighted by molar-refractivity contribution is 7.02. The summed E-state index contributed by atoms with van der Waals surface area (Å²) in [5.41, 5.74) is 0. The summed E-state index contributed by atoms with van der Waals surface area (Å²) in [5, 5.41) is 3.22. The predicted octanol–water partition coefficient (Wildman–Crippen LogP) is 1.02. The Bertz CT molecular complexity index is 938. The van der Waals surface area contributed by atoms with Gasteiger partial charge < -0.3 is 20.6 Å². The van der Waals surface area contributed by atoms with E-state index >= 15 is 0 Å². The molecule has 3 aromatic carbocycles. The van der Waals surface area contributed by atoms with Crippen molar-refractivity contribution < 1.29 is 20.6 Å². The molecule has 5 nitrogen and oxygen atoms in total. The van der Waals surface area contributed by atoms with Crippen LogP contribution < -0.4 is 15.6 Å². The van der Waals surface area contributed by atoms with Crippen LogP contribution in [-0.2, 0) is 20.6 Å². The zero-order valence-electron chi connectivity index (χ0n) is 18.1. The van der Waals surface area contributed by atoms with Crippen molar-refractivity contribution in [1.82, 2.24) is 0 Å². The van der Waals surface area contributed by atoms with Crippen LogP contribution >= 0.6 is 0 Å². The topological polar surface area (TPSA) is 46.2 Å². The predicted molar refractivity (Wildman–Crippen MR) is 136 cm³/mol. The molecule has 1 heterocycles. The number of hydrogen-bond donors (Lipinski definition) is 0. The molecule has 0 radical (unpaired) electrons. The second kappa shape index (κ2) is 9.58. The van der Waals surface area contributed by atoms with E-state index in [0.29, 0.717) is 0 Å². The van der Waals surface area contributed by atoms with Gasteiger partial charge >= 0.3 is 25.7 Å². The van der Waals surface area contributed by atoms with E-state index < -0.39 is 45.7 Å². The van der Waals surface area contributed by atoms with Crippen LogP contribution in [0.3, 0.4) is 0 Å². The van der Waals surface area contributed by atoms with Crippen LogP contribution in [0.2, 0.25) is 19.6 Å². The number of benzene rings is 3. The summed E-state index contributed by atoms with van der Waals surface area (Å²) in [6, 6.07) is 30.9. The van der Waals surface area contributed by atoms with Gasteiger partial charge in [-0.15, -0.1) is 0 Å². The smallest absolute Gasteiger partial charge is 0.389 e. The first-order valence-corrected chi connectivity index (χ1v) is 19.6. The minimum atomic E-state index is -3.09. The van der Waals surface area contributed by atoms with Crippen LogP contribution in [0.4, 0.5) is 0 Å². The summed E-state index contributed by atoms with van der Waals surface area (Å²) in [4.78, 5) is 0. The van der Waals surface area contributed by atoms with Crippen LogP contribution in [0.15, 0.2) is 91.0 Å². The fraction of sp³-hybridized carbons (Fsp3) is 0.143. The first-order chi connectivity index (χ1) is 14.9. The molecule has 0 amide bonds. The lowest BCUT2D eigenvalue weighted by atomic mass is 10.4. The first kappa shape index (κ1) is 22.7. The van der Waals surface area contributed by atoms with Crippen molar-refractivity contribution in [2.75, 3.05) is 0 Å². The van der Waals surface area contributed by atoms with Gasteiger partial charge in [0.15, 0.2) is 0 Å². The Morgan fingerprint density at radius 3 is 1.52 bits per heavy atom. The maximum atomic E-state index is 7.25. The minimum absolute atomic E-state index is 1.07. The summed E-state index contributed by atoms with van der Waals surface area (Å²) in [6.45, 7) is 6.29. The van der Waals surface area contributed by atoms with E-state index in [-0.39, 0.29) is 0 Å². The summed E-state index contributed by atoms with van der Waals surface area (Å²) in [5.74, 6) is 0. The van der Waals surface area contributed by atoms with Crippen molar-refractivity contribution >= 4 is 61.3 Å². The monoisotopic (exact) mass is 500 g/mol. The van der Waals surface area contributed by atoms with Crippen LogP contribution in [-0.4, -0.2) is 45.7 Å². The van der Waals surface area contributed by atoms with Crippen molar-refractivity contribution in [3.63, 3.8) is 0 Å². The second-order valence-electron chi connectivity index (χ2n) is 7.99. The average molecular weight is 501 g/mol. The molecule has 4 rings (SSSR count). The molecule has 1 unspecified atom stereocenters. The van der Waals surface area contributed by atoms with Gasteiger partial charge in [-0.1, -0.05) is 91.0 Å². The Labute approximate surface area is 192 Å². The quantitative estimate of drug-likeness (QED) is 0.503. The molecule has 0 saturated carbocycles. The van der Waals surface area contributed by atoms with Crippen molar-refractivity contribution in [3.8, 4) is 0 Å². The number of hydrogen-bond acceptors (Lipinski definition) is 5. The van der Waals surface area contributed by atoms with E-state index in [2.05, 4.69) is 56.0 Å². The zero-order valence-corrected chi connectivity index (χ0v) is 23.9. The van der Waals surface area contributed by atoms with E-state index in [0.717, 1.165) is 15.6 Å². The highest BCUT2D eigenvalue weighted by Crippen LogP contribution is 2.23. The zero-order chi connectivity index (χ0) is 21.8. The van der Waals surface area contributed by atoms with Crippen LogP contribution in [0, 0.1) is 0 Å². The van der Waals surface area contributed by atoms with Crippen molar-refractivity contribution in [2.45, 2.75) is 19.6 Å². The molecule has 31 heavy (non-hydrogen) atoms. The fourth-order valence-corrected chi connectivity index (χ4v) is 21.7.